The Labute approximate surface area is 259 Å². The zero-order valence-corrected chi connectivity index (χ0v) is 23.8. The van der Waals surface area contributed by atoms with E-state index in [0.717, 1.165) is 12.8 Å². The number of nitrogens with zero attached hydrogens (tertiary/aromatic N) is 5. The highest BCUT2D eigenvalue weighted by molar-refractivity contribution is 6.03. The molecule has 1 unspecified atom stereocenters. The van der Waals surface area contributed by atoms with Crippen molar-refractivity contribution in [3.05, 3.63) is 59.8 Å². The predicted molar refractivity (Wildman–Crippen MR) is 165 cm³/mol. The summed E-state index contributed by atoms with van der Waals surface area (Å²) in [5.41, 5.74) is -1.18. The number of anilines is 1. The SMILES string of the molecule is [2H]C1([2H])CCC2(C([2H])([2H])Oc3nc(N4C[C@H]5CC[C@@H](C4)N5)c4cnc(-c5cc(O)cc6ccc(F)c(C#C)c56)c(F)c4n3)CC(=C)CN12. The van der Waals surface area contributed by atoms with Gasteiger partial charge in [0.05, 0.1) is 19.2 Å². The summed E-state index contributed by atoms with van der Waals surface area (Å²) in [6, 6.07) is 5.24. The maximum atomic E-state index is 16.9. The molecule has 4 aliphatic heterocycles. The topological polar surface area (TPSA) is 86.6 Å². The molecule has 2 aromatic carbocycles. The van der Waals surface area contributed by atoms with Crippen LogP contribution in [0.5, 0.6) is 11.8 Å². The molecule has 2 N–H and O–H groups in total. The van der Waals surface area contributed by atoms with Gasteiger partial charge < -0.3 is 20.1 Å². The Kier molecular flexibility index (Phi) is 5.31. The number of rotatable bonds is 5. The van der Waals surface area contributed by atoms with Gasteiger partial charge in [-0.15, -0.1) is 6.42 Å². The van der Waals surface area contributed by atoms with Crippen molar-refractivity contribution in [1.82, 2.24) is 25.2 Å². The largest absolute Gasteiger partial charge is 0.508 e. The first kappa shape index (κ1) is 23.1. The van der Waals surface area contributed by atoms with E-state index in [9.17, 15) is 9.50 Å². The number of piperazine rings is 1. The number of phenolic OH excluding ortho intramolecular Hbond substituents is 1. The Morgan fingerprint density at radius 3 is 2.86 bits per heavy atom. The molecule has 8 rings (SSSR count). The number of aromatic hydroxyl groups is 1. The molecule has 2 aromatic heterocycles. The second kappa shape index (κ2) is 10.1. The molecule has 3 atom stereocenters. The molecular weight excluding hydrogens is 562 g/mol. The van der Waals surface area contributed by atoms with Gasteiger partial charge in [-0.2, -0.15) is 9.97 Å². The highest BCUT2D eigenvalue weighted by Crippen LogP contribution is 2.42. The first-order chi connectivity index (χ1) is 22.8. The van der Waals surface area contributed by atoms with E-state index in [4.69, 9.17) is 16.6 Å². The summed E-state index contributed by atoms with van der Waals surface area (Å²) in [5, 5.41) is 15.0. The molecule has 10 heteroatoms. The van der Waals surface area contributed by atoms with Crippen LogP contribution in [-0.4, -0.2) is 75.3 Å². The smallest absolute Gasteiger partial charge is 0.319 e. The second-order valence-electron chi connectivity index (χ2n) is 12.1. The van der Waals surface area contributed by atoms with E-state index < -0.39 is 36.2 Å². The van der Waals surface area contributed by atoms with E-state index in [1.54, 1.807) is 0 Å². The van der Waals surface area contributed by atoms with Crippen molar-refractivity contribution in [1.29, 1.82) is 0 Å². The lowest BCUT2D eigenvalue weighted by molar-refractivity contribution is 0.108. The fourth-order valence-corrected chi connectivity index (χ4v) is 7.27. The van der Waals surface area contributed by atoms with Crippen molar-refractivity contribution in [3.8, 4) is 35.4 Å². The minimum atomic E-state index is -2.49. The van der Waals surface area contributed by atoms with Crippen molar-refractivity contribution in [2.45, 2.75) is 49.7 Å². The summed E-state index contributed by atoms with van der Waals surface area (Å²) in [7, 11) is 0. The Morgan fingerprint density at radius 1 is 1.25 bits per heavy atom. The van der Waals surface area contributed by atoms with Crippen LogP contribution >= 0.6 is 0 Å². The molecule has 4 saturated heterocycles. The normalized spacial score (nSPS) is 27.6. The molecule has 0 radical (unpaired) electrons. The van der Waals surface area contributed by atoms with Crippen LogP contribution < -0.4 is 15.0 Å². The Morgan fingerprint density at radius 2 is 2.07 bits per heavy atom. The van der Waals surface area contributed by atoms with Crippen molar-refractivity contribution >= 4 is 27.5 Å². The number of hydrogen-bond acceptors (Lipinski definition) is 8. The fourth-order valence-electron chi connectivity index (χ4n) is 7.27. The number of benzene rings is 2. The van der Waals surface area contributed by atoms with Crippen LogP contribution in [0.1, 0.15) is 43.2 Å². The number of phenols is 1. The monoisotopic (exact) mass is 598 g/mol. The number of halogens is 2. The summed E-state index contributed by atoms with van der Waals surface area (Å²) in [6.45, 7) is 1.08. The number of terminal acetylenes is 1. The number of ether oxygens (including phenoxy) is 1. The van der Waals surface area contributed by atoms with Crippen LogP contribution in [0.3, 0.4) is 0 Å². The minimum absolute atomic E-state index is 0.0576. The summed E-state index contributed by atoms with van der Waals surface area (Å²) < 4.78 is 73.2. The van der Waals surface area contributed by atoms with Gasteiger partial charge in [-0.3, -0.25) is 9.88 Å². The minimum Gasteiger partial charge on any atom is -0.508 e. The first-order valence-corrected chi connectivity index (χ1v) is 14.7. The molecule has 6 heterocycles. The van der Waals surface area contributed by atoms with Gasteiger partial charge in [0.1, 0.15) is 35.2 Å². The van der Waals surface area contributed by atoms with Gasteiger partial charge in [0.15, 0.2) is 5.82 Å². The number of pyridine rings is 1. The van der Waals surface area contributed by atoms with Crippen LogP contribution in [0.2, 0.25) is 0 Å². The lowest BCUT2D eigenvalue weighted by Gasteiger charge is -2.34. The third-order valence-electron chi connectivity index (χ3n) is 9.23. The fraction of sp³-hybridized carbons (Fsp3) is 0.382. The average molecular weight is 599 g/mol. The summed E-state index contributed by atoms with van der Waals surface area (Å²) in [5.74, 6) is 0.856. The maximum Gasteiger partial charge on any atom is 0.319 e. The Bertz CT molecular complexity index is 2080. The van der Waals surface area contributed by atoms with Crippen LogP contribution in [0.4, 0.5) is 14.6 Å². The Balaban J connectivity index is 1.31. The third kappa shape index (κ3) is 4.29. The van der Waals surface area contributed by atoms with Crippen LogP contribution in [0.25, 0.3) is 32.9 Å². The van der Waals surface area contributed by atoms with E-state index in [0.29, 0.717) is 29.9 Å². The van der Waals surface area contributed by atoms with E-state index in [1.165, 1.54) is 35.4 Å². The average Bonchev–Trinajstić information content (AvgIpc) is 3.66. The maximum absolute atomic E-state index is 16.9. The highest BCUT2D eigenvalue weighted by Gasteiger charge is 2.46. The van der Waals surface area contributed by atoms with E-state index in [1.807, 2.05) is 4.90 Å². The van der Waals surface area contributed by atoms with Crippen LogP contribution in [-0.2, 0) is 0 Å². The number of hydrogen-bond donors (Lipinski definition) is 2. The van der Waals surface area contributed by atoms with E-state index in [2.05, 4.69) is 32.8 Å². The Hall–Kier alpha value is -4.33. The second-order valence-corrected chi connectivity index (χ2v) is 12.1. The molecule has 0 spiro atoms. The highest BCUT2D eigenvalue weighted by atomic mass is 19.1. The van der Waals surface area contributed by atoms with Gasteiger partial charge in [0.25, 0.3) is 0 Å². The van der Waals surface area contributed by atoms with Gasteiger partial charge in [-0.05, 0) is 62.2 Å². The lowest BCUT2D eigenvalue weighted by atomic mass is 9.94. The number of aromatic nitrogens is 3. The van der Waals surface area contributed by atoms with Gasteiger partial charge in [-0.25, -0.2) is 8.78 Å². The molecule has 4 aromatic rings. The zero-order valence-electron chi connectivity index (χ0n) is 27.8. The third-order valence-corrected chi connectivity index (χ3v) is 9.23. The molecule has 0 amide bonds. The van der Waals surface area contributed by atoms with Crippen LogP contribution in [0, 0.1) is 24.0 Å². The molecular formula is C34H32F2N6O2. The zero-order chi connectivity index (χ0) is 33.7. The predicted octanol–water partition coefficient (Wildman–Crippen LogP) is 4.92. The van der Waals surface area contributed by atoms with E-state index in [-0.39, 0.29) is 76.8 Å². The van der Waals surface area contributed by atoms with Gasteiger partial charge in [-0.1, -0.05) is 24.1 Å². The van der Waals surface area contributed by atoms with Crippen molar-refractivity contribution in [3.63, 3.8) is 0 Å². The summed E-state index contributed by atoms with van der Waals surface area (Å²) >= 11 is 0. The molecule has 4 aliphatic rings. The van der Waals surface area contributed by atoms with Crippen LogP contribution in [0.15, 0.2) is 42.6 Å². The van der Waals surface area contributed by atoms with Crippen molar-refractivity contribution in [2.75, 3.05) is 37.6 Å². The molecule has 4 fully saturated rings. The number of nitrogens with one attached hydrogen (secondary N) is 1. The van der Waals surface area contributed by atoms with Gasteiger partial charge >= 0.3 is 6.01 Å². The van der Waals surface area contributed by atoms with Crippen molar-refractivity contribution in [2.24, 2.45) is 0 Å². The summed E-state index contributed by atoms with van der Waals surface area (Å²) in [6.07, 6.45) is 9.49. The molecule has 44 heavy (non-hydrogen) atoms. The van der Waals surface area contributed by atoms with E-state index >= 15 is 4.39 Å². The quantitative estimate of drug-likeness (QED) is 0.247. The summed E-state index contributed by atoms with van der Waals surface area (Å²) in [4.78, 5) is 17.0. The molecule has 0 saturated carbocycles. The molecule has 0 aliphatic carbocycles. The standard InChI is InChI=1S/C34H32F2N6O2/c1-3-24-27(35)8-5-20-11-23(43)12-25(28(20)24)30-29(36)31-26(14-37-30)32(41-16-21-6-7-22(17-41)38-21)40-33(39-31)44-18-34-9-4-10-42(34)15-19(2)13-34/h1,5,8,11-12,14,21-22,38,43H,2,4,6-7,9-10,13,15-18H2/t21-,22+,34?/i10D2,18D2. The van der Waals surface area contributed by atoms with Gasteiger partial charge in [0.2, 0.25) is 0 Å². The van der Waals surface area contributed by atoms with Gasteiger partial charge in [0, 0.05) is 51.6 Å². The number of fused-ring (bicyclic) bond motifs is 5. The molecule has 224 valence electrons. The lowest BCUT2D eigenvalue weighted by Crippen LogP contribution is -2.51. The molecule has 2 bridgehead atoms. The molecule has 8 nitrogen and oxygen atoms in total. The van der Waals surface area contributed by atoms with Crippen molar-refractivity contribution < 1.29 is 24.1 Å². The first-order valence-electron chi connectivity index (χ1n) is 16.7.